The number of allylic oxidation sites excluding steroid dienone is 1. The van der Waals surface area contributed by atoms with E-state index in [1.165, 1.54) is 26.4 Å². The summed E-state index contributed by atoms with van der Waals surface area (Å²) in [6.07, 6.45) is 4.67. The van der Waals surface area contributed by atoms with Crippen LogP contribution < -0.4 is 9.47 Å². The van der Waals surface area contributed by atoms with Crippen LogP contribution in [0.5, 0.6) is 17.2 Å². The highest BCUT2D eigenvalue weighted by atomic mass is 16.5. The molecule has 0 fully saturated rings. The smallest absolute Gasteiger partial charge is 0.193 e. The molecule has 3 aromatic rings. The molecule has 1 aromatic heterocycles. The van der Waals surface area contributed by atoms with Gasteiger partial charge in [0.25, 0.3) is 0 Å². The fraction of sp³-hybridized carbons (Fsp3) is 0.111. The summed E-state index contributed by atoms with van der Waals surface area (Å²) >= 11 is 0. The number of nitrogens with zero attached hydrogens (tertiary/aromatic N) is 1. The number of benzene rings is 2. The average Bonchev–Trinajstić information content (AvgIpc) is 3.06. The van der Waals surface area contributed by atoms with Crippen molar-refractivity contribution in [2.75, 3.05) is 14.2 Å². The van der Waals surface area contributed by atoms with Crippen LogP contribution in [0.2, 0.25) is 0 Å². The lowest BCUT2D eigenvalue weighted by Gasteiger charge is -2.10. The number of nitrogens with one attached hydrogen (secondary N) is 1. The molecule has 0 radical (unpaired) electrons. The molecule has 0 atom stereocenters. The summed E-state index contributed by atoms with van der Waals surface area (Å²) in [5.41, 5.74) is 2.66. The van der Waals surface area contributed by atoms with Crippen LogP contribution >= 0.6 is 0 Å². The Kier molecular flexibility index (Phi) is 4.20. The summed E-state index contributed by atoms with van der Waals surface area (Å²) in [7, 11) is 2.90. The Bertz CT molecular complexity index is 928. The summed E-state index contributed by atoms with van der Waals surface area (Å²) in [5, 5.41) is 10.1. The van der Waals surface area contributed by atoms with Crippen LogP contribution in [-0.2, 0) is 0 Å². The lowest BCUT2D eigenvalue weighted by Crippen LogP contribution is -2.00. The normalized spacial score (nSPS) is 11.1. The van der Waals surface area contributed by atoms with Crippen molar-refractivity contribution in [3.63, 3.8) is 0 Å². The number of hydrogen-bond acceptors (Lipinski definition) is 5. The molecule has 6 nitrogen and oxygen atoms in total. The molecule has 0 saturated heterocycles. The van der Waals surface area contributed by atoms with Gasteiger partial charge >= 0.3 is 0 Å². The van der Waals surface area contributed by atoms with Crippen LogP contribution in [0.15, 0.2) is 42.7 Å². The number of aromatic hydroxyl groups is 1. The highest BCUT2D eigenvalue weighted by Crippen LogP contribution is 2.33. The Morgan fingerprint density at radius 2 is 2.04 bits per heavy atom. The fourth-order valence-electron chi connectivity index (χ4n) is 2.41. The third-order valence-corrected chi connectivity index (χ3v) is 3.63. The lowest BCUT2D eigenvalue weighted by atomic mass is 10.1. The predicted molar refractivity (Wildman–Crippen MR) is 90.7 cm³/mol. The van der Waals surface area contributed by atoms with Crippen LogP contribution in [0, 0.1) is 0 Å². The molecular formula is C18H16N2O4. The van der Waals surface area contributed by atoms with Gasteiger partial charge in [-0.1, -0.05) is 12.1 Å². The first-order valence-corrected chi connectivity index (χ1v) is 7.23. The number of H-pyrrole nitrogens is 1. The van der Waals surface area contributed by atoms with Gasteiger partial charge in [0, 0.05) is 12.1 Å². The molecule has 2 aromatic carbocycles. The number of ketones is 1. The molecule has 0 aliphatic carbocycles. The number of methoxy groups -OCH3 is 2. The molecule has 3 rings (SSSR count). The molecule has 122 valence electrons. The first-order chi connectivity index (χ1) is 11.6. The van der Waals surface area contributed by atoms with Gasteiger partial charge in [-0.2, -0.15) is 0 Å². The van der Waals surface area contributed by atoms with Crippen molar-refractivity contribution in [2.24, 2.45) is 0 Å². The maximum Gasteiger partial charge on any atom is 0.193 e. The van der Waals surface area contributed by atoms with Gasteiger partial charge in [-0.3, -0.25) is 4.79 Å². The Labute approximate surface area is 138 Å². The highest BCUT2D eigenvalue weighted by Gasteiger charge is 2.17. The third kappa shape index (κ3) is 2.94. The second kappa shape index (κ2) is 6.45. The number of ether oxygens (including phenoxy) is 2. The van der Waals surface area contributed by atoms with Crippen molar-refractivity contribution in [3.8, 4) is 17.2 Å². The predicted octanol–water partition coefficient (Wildman–Crippen LogP) is 3.18. The molecule has 0 bridgehead atoms. The van der Waals surface area contributed by atoms with Crippen molar-refractivity contribution in [3.05, 3.63) is 53.9 Å². The zero-order chi connectivity index (χ0) is 17.1. The number of aromatic nitrogens is 2. The number of hydrogen-bond donors (Lipinski definition) is 2. The van der Waals surface area contributed by atoms with Crippen LogP contribution in [0.1, 0.15) is 15.9 Å². The van der Waals surface area contributed by atoms with Gasteiger partial charge in [-0.05, 0) is 23.8 Å². The Hall–Kier alpha value is -3.28. The van der Waals surface area contributed by atoms with Crippen molar-refractivity contribution < 1.29 is 19.4 Å². The Balaban J connectivity index is 1.91. The SMILES string of the molecule is COc1cc(O)c(C(=O)C=Cc2ccc3[nH]cnc3c2)c(OC)c1. The third-order valence-electron chi connectivity index (χ3n) is 3.63. The van der Waals surface area contributed by atoms with Gasteiger partial charge in [-0.15, -0.1) is 0 Å². The summed E-state index contributed by atoms with van der Waals surface area (Å²) in [6, 6.07) is 8.55. The van der Waals surface area contributed by atoms with E-state index in [9.17, 15) is 9.90 Å². The van der Waals surface area contributed by atoms with E-state index in [1.54, 1.807) is 18.5 Å². The Morgan fingerprint density at radius 1 is 1.21 bits per heavy atom. The molecule has 0 spiro atoms. The van der Waals surface area contributed by atoms with Crippen molar-refractivity contribution >= 4 is 22.9 Å². The fourth-order valence-corrected chi connectivity index (χ4v) is 2.41. The second-order valence-electron chi connectivity index (χ2n) is 5.10. The van der Waals surface area contributed by atoms with Gasteiger partial charge in [0.2, 0.25) is 0 Å². The molecule has 6 heteroatoms. The summed E-state index contributed by atoms with van der Waals surface area (Å²) < 4.78 is 10.2. The monoisotopic (exact) mass is 324 g/mol. The zero-order valence-corrected chi connectivity index (χ0v) is 13.2. The Morgan fingerprint density at radius 3 is 2.79 bits per heavy atom. The number of fused-ring (bicyclic) bond motifs is 1. The number of carbonyl (C=O) groups is 1. The number of imidazole rings is 1. The minimum Gasteiger partial charge on any atom is -0.507 e. The summed E-state index contributed by atoms with van der Waals surface area (Å²) in [6.45, 7) is 0. The maximum atomic E-state index is 12.4. The molecule has 0 aliphatic heterocycles. The van der Waals surface area contributed by atoms with Gasteiger partial charge in [-0.25, -0.2) is 4.98 Å². The minimum atomic E-state index is -0.367. The van der Waals surface area contributed by atoms with Crippen LogP contribution in [-0.4, -0.2) is 35.1 Å². The molecule has 0 aliphatic rings. The van der Waals surface area contributed by atoms with E-state index in [1.807, 2.05) is 18.2 Å². The zero-order valence-electron chi connectivity index (χ0n) is 13.2. The first kappa shape index (κ1) is 15.6. The summed E-state index contributed by atoms with van der Waals surface area (Å²) in [5.74, 6) is 0.107. The summed E-state index contributed by atoms with van der Waals surface area (Å²) in [4.78, 5) is 19.6. The van der Waals surface area contributed by atoms with Gasteiger partial charge < -0.3 is 19.6 Å². The molecule has 1 heterocycles. The van der Waals surface area contributed by atoms with Gasteiger partial charge in [0.05, 0.1) is 31.6 Å². The number of phenols is 1. The van der Waals surface area contributed by atoms with E-state index >= 15 is 0 Å². The van der Waals surface area contributed by atoms with Crippen LogP contribution in [0.3, 0.4) is 0 Å². The molecule has 0 saturated carbocycles. The minimum absolute atomic E-state index is 0.0930. The quantitative estimate of drug-likeness (QED) is 0.556. The maximum absolute atomic E-state index is 12.4. The van der Waals surface area contributed by atoms with E-state index in [0.29, 0.717) is 5.75 Å². The second-order valence-corrected chi connectivity index (χ2v) is 5.10. The van der Waals surface area contributed by atoms with Gasteiger partial charge in [0.1, 0.15) is 22.8 Å². The highest BCUT2D eigenvalue weighted by molar-refractivity contribution is 6.10. The number of rotatable bonds is 5. The van der Waals surface area contributed by atoms with Crippen molar-refractivity contribution in [1.29, 1.82) is 0 Å². The van der Waals surface area contributed by atoms with Gasteiger partial charge in [0.15, 0.2) is 5.78 Å². The molecule has 0 amide bonds. The average molecular weight is 324 g/mol. The van der Waals surface area contributed by atoms with E-state index in [2.05, 4.69) is 9.97 Å². The molecule has 24 heavy (non-hydrogen) atoms. The molecular weight excluding hydrogens is 308 g/mol. The van der Waals surface area contributed by atoms with Crippen LogP contribution in [0.4, 0.5) is 0 Å². The number of carbonyl (C=O) groups excluding carboxylic acids is 1. The topological polar surface area (TPSA) is 84.4 Å². The van der Waals surface area contributed by atoms with E-state index in [-0.39, 0.29) is 22.8 Å². The standard InChI is InChI=1S/C18H16N2O4/c1-23-12-8-16(22)18(17(9-12)24-2)15(21)6-4-11-3-5-13-14(7-11)20-10-19-13/h3-10,22H,1-2H3,(H,19,20). The largest absolute Gasteiger partial charge is 0.507 e. The first-order valence-electron chi connectivity index (χ1n) is 7.23. The van der Waals surface area contributed by atoms with Crippen LogP contribution in [0.25, 0.3) is 17.1 Å². The van der Waals surface area contributed by atoms with E-state index in [0.717, 1.165) is 16.6 Å². The van der Waals surface area contributed by atoms with Crippen molar-refractivity contribution in [2.45, 2.75) is 0 Å². The molecule has 0 unspecified atom stereocenters. The van der Waals surface area contributed by atoms with Crippen molar-refractivity contribution in [1.82, 2.24) is 9.97 Å². The number of aromatic amines is 1. The number of phenolic OH excluding ortho intramolecular Hbond substituents is 1. The lowest BCUT2D eigenvalue weighted by molar-refractivity contribution is 0.104. The molecule has 2 N–H and O–H groups in total. The van der Waals surface area contributed by atoms with E-state index in [4.69, 9.17) is 9.47 Å². The van der Waals surface area contributed by atoms with E-state index < -0.39 is 0 Å².